The number of thiophene rings is 1. The number of halogens is 2. The van der Waals surface area contributed by atoms with E-state index in [1.807, 2.05) is 29.8 Å². The highest BCUT2D eigenvalue weighted by Crippen LogP contribution is 2.27. The molecule has 2 amide bonds. The summed E-state index contributed by atoms with van der Waals surface area (Å²) in [7, 11) is 1.88. The molecule has 0 bridgehead atoms. The molecule has 3 aromatic heterocycles. The summed E-state index contributed by atoms with van der Waals surface area (Å²) in [5, 5.41) is 10.4. The molecular weight excluding hydrogens is 469 g/mol. The van der Waals surface area contributed by atoms with Gasteiger partial charge in [0.25, 0.3) is 0 Å². The Morgan fingerprint density at radius 3 is 2.94 bits per heavy atom. The normalized spacial score (nSPS) is 19.2. The van der Waals surface area contributed by atoms with Gasteiger partial charge in [-0.2, -0.15) is 0 Å². The average Bonchev–Trinajstić information content (AvgIpc) is 3.46. The first kappa shape index (κ1) is 23.0. The van der Waals surface area contributed by atoms with Gasteiger partial charge in [-0.1, -0.05) is 23.2 Å². The van der Waals surface area contributed by atoms with Crippen molar-refractivity contribution >= 4 is 57.4 Å². The van der Waals surface area contributed by atoms with Crippen LogP contribution in [0.4, 0.5) is 0 Å². The van der Waals surface area contributed by atoms with E-state index in [0.29, 0.717) is 17.5 Å². The standard InChI is InChI=1S/C22H25Cl2N5O2S/c1-12(21(30)27-10-14-6-16-17(23)11-29(2)20(16)26-9-14)28-22(31)18-7-13(8-25-18)5-15-3-4-19(24)32-15/h3-4,6,9,11-13,18,25H,5,7-8,10H2,1-2H3,(H,27,30)(H,28,31)/t12?,13-,18+/m0/s1. The average molecular weight is 494 g/mol. The van der Waals surface area contributed by atoms with Crippen LogP contribution < -0.4 is 16.0 Å². The van der Waals surface area contributed by atoms with Crippen LogP contribution in [0.2, 0.25) is 9.36 Å². The van der Waals surface area contributed by atoms with Crippen molar-refractivity contribution in [2.75, 3.05) is 6.54 Å². The number of nitrogens with zero attached hydrogens (tertiary/aromatic N) is 2. The zero-order valence-electron chi connectivity index (χ0n) is 17.8. The minimum atomic E-state index is -0.642. The molecule has 32 heavy (non-hydrogen) atoms. The van der Waals surface area contributed by atoms with E-state index in [9.17, 15) is 9.59 Å². The molecule has 1 aliphatic rings. The molecule has 1 fully saturated rings. The monoisotopic (exact) mass is 493 g/mol. The Hall–Kier alpha value is -2.13. The molecule has 0 saturated carbocycles. The highest BCUT2D eigenvalue weighted by molar-refractivity contribution is 7.16. The summed E-state index contributed by atoms with van der Waals surface area (Å²) < 4.78 is 2.64. The Labute approximate surface area is 200 Å². The zero-order chi connectivity index (χ0) is 22.8. The molecule has 3 atom stereocenters. The van der Waals surface area contributed by atoms with E-state index in [4.69, 9.17) is 23.2 Å². The first-order chi connectivity index (χ1) is 15.3. The maximum Gasteiger partial charge on any atom is 0.242 e. The van der Waals surface area contributed by atoms with E-state index in [1.165, 1.54) is 4.88 Å². The van der Waals surface area contributed by atoms with Crippen LogP contribution in [-0.2, 0) is 29.6 Å². The van der Waals surface area contributed by atoms with E-state index >= 15 is 0 Å². The summed E-state index contributed by atoms with van der Waals surface area (Å²) in [6, 6.07) is 4.91. The van der Waals surface area contributed by atoms with E-state index in [1.54, 1.807) is 30.7 Å². The number of aromatic nitrogens is 2. The summed E-state index contributed by atoms with van der Waals surface area (Å²) in [6.07, 6.45) is 5.15. The topological polar surface area (TPSA) is 88.1 Å². The molecular formula is C22H25Cl2N5O2S. The second-order valence-electron chi connectivity index (χ2n) is 8.22. The smallest absolute Gasteiger partial charge is 0.242 e. The summed E-state index contributed by atoms with van der Waals surface area (Å²) in [6.45, 7) is 2.76. The van der Waals surface area contributed by atoms with Crippen molar-refractivity contribution in [2.45, 2.75) is 38.4 Å². The molecule has 7 nitrogen and oxygen atoms in total. The van der Waals surface area contributed by atoms with Crippen LogP contribution in [0, 0.1) is 5.92 Å². The number of nitrogens with one attached hydrogen (secondary N) is 3. The van der Waals surface area contributed by atoms with Gasteiger partial charge < -0.3 is 20.5 Å². The maximum atomic E-state index is 12.6. The fourth-order valence-corrected chi connectivity index (χ4v) is 5.47. The first-order valence-electron chi connectivity index (χ1n) is 10.4. The van der Waals surface area contributed by atoms with Crippen molar-refractivity contribution in [1.29, 1.82) is 0 Å². The van der Waals surface area contributed by atoms with Crippen molar-refractivity contribution in [1.82, 2.24) is 25.5 Å². The predicted molar refractivity (Wildman–Crippen MR) is 128 cm³/mol. The Kier molecular flexibility index (Phi) is 7.05. The molecule has 1 saturated heterocycles. The summed E-state index contributed by atoms with van der Waals surface area (Å²) in [5.74, 6) is -0.0317. The SMILES string of the molecule is CC(NC(=O)[C@H]1C[C@H](Cc2ccc(Cl)s2)CN1)C(=O)NCc1cnc2c(c1)c(Cl)cn2C. The Morgan fingerprint density at radius 1 is 1.38 bits per heavy atom. The fraction of sp³-hybridized carbons (Fsp3) is 0.409. The van der Waals surface area contributed by atoms with Gasteiger partial charge in [-0.3, -0.25) is 9.59 Å². The van der Waals surface area contributed by atoms with Crippen molar-refractivity contribution in [3.8, 4) is 0 Å². The molecule has 0 spiro atoms. The van der Waals surface area contributed by atoms with Gasteiger partial charge >= 0.3 is 0 Å². The minimum Gasteiger partial charge on any atom is -0.350 e. The third-order valence-corrected chi connectivity index (χ3v) is 7.25. The number of aryl methyl sites for hydroxylation is 1. The Balaban J connectivity index is 1.25. The molecule has 1 unspecified atom stereocenters. The van der Waals surface area contributed by atoms with Crippen LogP contribution in [0.3, 0.4) is 0 Å². The van der Waals surface area contributed by atoms with Gasteiger partial charge in [0.05, 0.1) is 15.4 Å². The lowest BCUT2D eigenvalue weighted by Gasteiger charge is -2.17. The summed E-state index contributed by atoms with van der Waals surface area (Å²) in [4.78, 5) is 30.8. The molecule has 10 heteroatoms. The number of hydrogen-bond donors (Lipinski definition) is 3. The van der Waals surface area contributed by atoms with E-state index in [-0.39, 0.29) is 17.9 Å². The van der Waals surface area contributed by atoms with Gasteiger partial charge in [0.1, 0.15) is 11.7 Å². The predicted octanol–water partition coefficient (Wildman–Crippen LogP) is 3.28. The molecule has 3 N–H and O–H groups in total. The number of hydrogen-bond acceptors (Lipinski definition) is 5. The van der Waals surface area contributed by atoms with Crippen molar-refractivity contribution in [2.24, 2.45) is 13.0 Å². The lowest BCUT2D eigenvalue weighted by atomic mass is 10.0. The van der Waals surface area contributed by atoms with Gasteiger partial charge in [0, 0.05) is 36.2 Å². The third-order valence-electron chi connectivity index (χ3n) is 5.70. The first-order valence-corrected chi connectivity index (χ1v) is 12.0. The maximum absolute atomic E-state index is 12.6. The lowest BCUT2D eigenvalue weighted by Crippen LogP contribution is -2.49. The number of amides is 2. The third kappa shape index (κ3) is 5.26. The van der Waals surface area contributed by atoms with Crippen LogP contribution in [0.15, 0.2) is 30.6 Å². The Bertz CT molecular complexity index is 1140. The van der Waals surface area contributed by atoms with E-state index in [0.717, 1.165) is 40.3 Å². The van der Waals surface area contributed by atoms with Gasteiger partial charge in [-0.05, 0) is 56.0 Å². The number of pyridine rings is 1. The van der Waals surface area contributed by atoms with Crippen LogP contribution in [-0.4, -0.2) is 40.0 Å². The van der Waals surface area contributed by atoms with Gasteiger partial charge in [0.15, 0.2) is 0 Å². The van der Waals surface area contributed by atoms with Crippen LogP contribution in [0.5, 0.6) is 0 Å². The molecule has 0 aromatic carbocycles. The van der Waals surface area contributed by atoms with Gasteiger partial charge in [0.2, 0.25) is 11.8 Å². The second kappa shape index (κ2) is 9.79. The molecule has 1 aliphatic heterocycles. The highest BCUT2D eigenvalue weighted by atomic mass is 35.5. The molecule has 0 radical (unpaired) electrons. The van der Waals surface area contributed by atoms with E-state index < -0.39 is 6.04 Å². The lowest BCUT2D eigenvalue weighted by molar-refractivity contribution is -0.129. The number of carbonyl (C=O) groups is 2. The molecule has 0 aliphatic carbocycles. The fourth-order valence-electron chi connectivity index (χ4n) is 3.99. The van der Waals surface area contributed by atoms with Crippen molar-refractivity contribution in [3.63, 3.8) is 0 Å². The molecule has 4 rings (SSSR count). The summed E-state index contributed by atoms with van der Waals surface area (Å²) in [5.41, 5.74) is 1.63. The molecule has 4 heterocycles. The largest absolute Gasteiger partial charge is 0.350 e. The minimum absolute atomic E-state index is 0.154. The van der Waals surface area contributed by atoms with Crippen LogP contribution in [0.1, 0.15) is 23.8 Å². The quantitative estimate of drug-likeness (QED) is 0.471. The second-order valence-corrected chi connectivity index (χ2v) is 10.4. The Morgan fingerprint density at radius 2 is 2.19 bits per heavy atom. The van der Waals surface area contributed by atoms with E-state index in [2.05, 4.69) is 20.9 Å². The summed E-state index contributed by atoms with van der Waals surface area (Å²) >= 11 is 13.8. The van der Waals surface area contributed by atoms with Gasteiger partial charge in [-0.15, -0.1) is 11.3 Å². The number of carbonyl (C=O) groups excluding carboxylic acids is 2. The van der Waals surface area contributed by atoms with Gasteiger partial charge in [-0.25, -0.2) is 4.98 Å². The van der Waals surface area contributed by atoms with Crippen LogP contribution >= 0.6 is 34.5 Å². The van der Waals surface area contributed by atoms with Crippen LogP contribution in [0.25, 0.3) is 11.0 Å². The van der Waals surface area contributed by atoms with Crippen molar-refractivity contribution < 1.29 is 9.59 Å². The number of fused-ring (bicyclic) bond motifs is 1. The van der Waals surface area contributed by atoms with Crippen molar-refractivity contribution in [3.05, 3.63) is 50.4 Å². The zero-order valence-corrected chi connectivity index (χ0v) is 20.2. The molecule has 3 aromatic rings. The molecule has 170 valence electrons. The number of rotatable bonds is 7. The highest BCUT2D eigenvalue weighted by Gasteiger charge is 2.31.